The first-order chi connectivity index (χ1) is 5.90. The molecule has 0 saturated heterocycles. The van der Waals surface area contributed by atoms with E-state index in [2.05, 4.69) is 9.97 Å². The Hall–Kier alpha value is -1.64. The van der Waals surface area contributed by atoms with E-state index in [4.69, 9.17) is 4.74 Å². The predicted molar refractivity (Wildman–Crippen MR) is 46.1 cm³/mol. The zero-order chi connectivity index (χ0) is 8.39. The number of hydrogen-bond acceptors (Lipinski definition) is 3. The molecule has 0 aliphatic carbocycles. The van der Waals surface area contributed by atoms with Crippen molar-refractivity contribution < 1.29 is 4.74 Å². The number of hydrogen-bond donors (Lipinski definition) is 0. The lowest BCUT2D eigenvalue weighted by Crippen LogP contribution is -1.87. The van der Waals surface area contributed by atoms with Crippen molar-refractivity contribution in [1.29, 1.82) is 0 Å². The van der Waals surface area contributed by atoms with Crippen LogP contribution in [-0.4, -0.2) is 17.1 Å². The lowest BCUT2D eigenvalue weighted by Gasteiger charge is -1.99. The molecule has 0 saturated carbocycles. The minimum absolute atomic E-state index is 0.621. The van der Waals surface area contributed by atoms with E-state index in [1.54, 1.807) is 19.5 Å². The van der Waals surface area contributed by atoms with Crippen LogP contribution in [0.25, 0.3) is 10.9 Å². The second-order valence-electron chi connectivity index (χ2n) is 2.42. The van der Waals surface area contributed by atoms with Crippen LogP contribution in [-0.2, 0) is 0 Å². The van der Waals surface area contributed by atoms with Crippen molar-refractivity contribution in [2.45, 2.75) is 0 Å². The first-order valence-electron chi connectivity index (χ1n) is 3.65. The maximum Gasteiger partial charge on any atom is 0.213 e. The van der Waals surface area contributed by atoms with Gasteiger partial charge in [0.2, 0.25) is 5.88 Å². The van der Waals surface area contributed by atoms with E-state index in [0.717, 1.165) is 10.9 Å². The molecule has 0 N–H and O–H groups in total. The molecular weight excluding hydrogens is 152 g/mol. The number of ether oxygens (including phenoxy) is 1. The highest BCUT2D eigenvalue weighted by molar-refractivity contribution is 5.77. The third-order valence-electron chi connectivity index (χ3n) is 1.68. The molecule has 12 heavy (non-hydrogen) atoms. The summed E-state index contributed by atoms with van der Waals surface area (Å²) in [4.78, 5) is 8.18. The van der Waals surface area contributed by atoms with Gasteiger partial charge in [0.05, 0.1) is 18.8 Å². The van der Waals surface area contributed by atoms with Crippen LogP contribution in [0.2, 0.25) is 0 Å². The summed E-state index contributed by atoms with van der Waals surface area (Å²) >= 11 is 0. The van der Waals surface area contributed by atoms with Crippen LogP contribution in [0.15, 0.2) is 30.6 Å². The molecular formula is C9H8N2O. The van der Waals surface area contributed by atoms with E-state index in [1.165, 1.54) is 0 Å². The molecule has 0 aliphatic heterocycles. The summed E-state index contributed by atoms with van der Waals surface area (Å²) < 4.78 is 4.98. The smallest absolute Gasteiger partial charge is 0.213 e. The van der Waals surface area contributed by atoms with Crippen LogP contribution in [0.3, 0.4) is 0 Å². The molecule has 3 nitrogen and oxygen atoms in total. The summed E-state index contributed by atoms with van der Waals surface area (Å²) in [5.41, 5.74) is 0.858. The minimum atomic E-state index is 0.621. The van der Waals surface area contributed by atoms with Crippen LogP contribution in [0.1, 0.15) is 0 Å². The van der Waals surface area contributed by atoms with Crippen molar-refractivity contribution in [2.75, 3.05) is 7.11 Å². The van der Waals surface area contributed by atoms with Crippen molar-refractivity contribution in [3.63, 3.8) is 0 Å². The third-order valence-corrected chi connectivity index (χ3v) is 1.68. The van der Waals surface area contributed by atoms with Gasteiger partial charge in [0, 0.05) is 17.6 Å². The van der Waals surface area contributed by atoms with Gasteiger partial charge in [-0.1, -0.05) is 0 Å². The molecule has 0 atom stereocenters. The fourth-order valence-electron chi connectivity index (χ4n) is 1.06. The average Bonchev–Trinajstić information content (AvgIpc) is 2.17. The van der Waals surface area contributed by atoms with Crippen molar-refractivity contribution in [3.05, 3.63) is 30.6 Å². The molecule has 0 aliphatic rings. The Morgan fingerprint density at radius 2 is 2.17 bits per heavy atom. The lowest BCUT2D eigenvalue weighted by molar-refractivity contribution is 0.399. The average molecular weight is 160 g/mol. The molecule has 2 rings (SSSR count). The van der Waals surface area contributed by atoms with E-state index >= 15 is 0 Å². The third kappa shape index (κ3) is 1.09. The highest BCUT2D eigenvalue weighted by atomic mass is 16.5. The van der Waals surface area contributed by atoms with Gasteiger partial charge in [-0.05, 0) is 12.1 Å². The summed E-state index contributed by atoms with van der Waals surface area (Å²) in [5, 5.41) is 1.07. The van der Waals surface area contributed by atoms with Crippen LogP contribution in [0.5, 0.6) is 5.88 Å². The van der Waals surface area contributed by atoms with Gasteiger partial charge in [-0.25, -0.2) is 4.98 Å². The number of fused-ring (bicyclic) bond motifs is 1. The zero-order valence-corrected chi connectivity index (χ0v) is 6.69. The Balaban J connectivity index is 2.67. The largest absolute Gasteiger partial charge is 0.481 e. The van der Waals surface area contributed by atoms with E-state index < -0.39 is 0 Å². The maximum atomic E-state index is 4.98. The first-order valence-corrected chi connectivity index (χ1v) is 3.65. The highest BCUT2D eigenvalue weighted by Crippen LogP contribution is 2.13. The number of pyridine rings is 2. The van der Waals surface area contributed by atoms with Gasteiger partial charge in [-0.2, -0.15) is 0 Å². The van der Waals surface area contributed by atoms with Crippen molar-refractivity contribution in [2.24, 2.45) is 0 Å². The summed E-state index contributed by atoms with van der Waals surface area (Å²) in [6.07, 6.45) is 3.47. The Labute approximate surface area is 70.0 Å². The van der Waals surface area contributed by atoms with Gasteiger partial charge in [-0.15, -0.1) is 0 Å². The van der Waals surface area contributed by atoms with Crippen molar-refractivity contribution >= 4 is 10.9 Å². The van der Waals surface area contributed by atoms with Gasteiger partial charge in [0.25, 0.3) is 0 Å². The second-order valence-corrected chi connectivity index (χ2v) is 2.42. The summed E-state index contributed by atoms with van der Waals surface area (Å²) in [6, 6.07) is 5.72. The topological polar surface area (TPSA) is 35.0 Å². The molecule has 2 aromatic rings. The number of nitrogens with zero attached hydrogens (tertiary/aromatic N) is 2. The predicted octanol–water partition coefficient (Wildman–Crippen LogP) is 1.64. The van der Waals surface area contributed by atoms with Gasteiger partial charge in [0.1, 0.15) is 0 Å². The van der Waals surface area contributed by atoms with Gasteiger partial charge in [0.15, 0.2) is 0 Å². The standard InChI is InChI=1S/C9H8N2O/c1-12-9-3-2-7-4-5-10-6-8(7)11-9/h2-6H,1H3. The number of methoxy groups -OCH3 is 1. The quantitative estimate of drug-likeness (QED) is 0.636. The molecule has 2 heterocycles. The summed E-state index contributed by atoms with van der Waals surface area (Å²) in [6.45, 7) is 0. The lowest BCUT2D eigenvalue weighted by atomic mass is 10.3. The molecule has 2 aromatic heterocycles. The van der Waals surface area contributed by atoms with E-state index in [1.807, 2.05) is 18.2 Å². The summed E-state index contributed by atoms with van der Waals surface area (Å²) in [5.74, 6) is 0.621. The normalized spacial score (nSPS) is 10.1. The van der Waals surface area contributed by atoms with Crippen LogP contribution in [0.4, 0.5) is 0 Å². The van der Waals surface area contributed by atoms with E-state index in [-0.39, 0.29) is 0 Å². The zero-order valence-electron chi connectivity index (χ0n) is 6.69. The van der Waals surface area contributed by atoms with Crippen molar-refractivity contribution in [1.82, 2.24) is 9.97 Å². The van der Waals surface area contributed by atoms with Gasteiger partial charge >= 0.3 is 0 Å². The molecule has 0 aromatic carbocycles. The molecule has 0 spiro atoms. The Morgan fingerprint density at radius 1 is 1.25 bits per heavy atom. The molecule has 0 bridgehead atoms. The van der Waals surface area contributed by atoms with Gasteiger partial charge in [-0.3, -0.25) is 4.98 Å². The molecule has 60 valence electrons. The van der Waals surface area contributed by atoms with Crippen LogP contribution in [0, 0.1) is 0 Å². The Bertz CT molecular complexity index is 400. The van der Waals surface area contributed by atoms with Crippen LogP contribution < -0.4 is 4.74 Å². The number of aromatic nitrogens is 2. The van der Waals surface area contributed by atoms with E-state index in [9.17, 15) is 0 Å². The Morgan fingerprint density at radius 3 is 3.00 bits per heavy atom. The molecule has 0 radical (unpaired) electrons. The molecule has 0 unspecified atom stereocenters. The minimum Gasteiger partial charge on any atom is -0.481 e. The second kappa shape index (κ2) is 2.77. The van der Waals surface area contributed by atoms with Gasteiger partial charge < -0.3 is 4.74 Å². The fraction of sp³-hybridized carbons (Fsp3) is 0.111. The highest BCUT2D eigenvalue weighted by Gasteiger charge is 1.95. The maximum absolute atomic E-state index is 4.98. The fourth-order valence-corrected chi connectivity index (χ4v) is 1.06. The Kier molecular flexibility index (Phi) is 1.63. The molecule has 3 heteroatoms. The molecule has 0 amide bonds. The monoisotopic (exact) mass is 160 g/mol. The SMILES string of the molecule is COc1ccc2ccncc2n1. The van der Waals surface area contributed by atoms with Crippen molar-refractivity contribution in [3.8, 4) is 5.88 Å². The summed E-state index contributed by atoms with van der Waals surface area (Å²) in [7, 11) is 1.60. The molecule has 0 fully saturated rings. The van der Waals surface area contributed by atoms with Crippen LogP contribution >= 0.6 is 0 Å². The van der Waals surface area contributed by atoms with E-state index in [0.29, 0.717) is 5.88 Å². The first kappa shape index (κ1) is 7.03. The number of rotatable bonds is 1.